The van der Waals surface area contributed by atoms with Crippen LogP contribution >= 0.6 is 0 Å². The van der Waals surface area contributed by atoms with Crippen molar-refractivity contribution in [2.75, 3.05) is 7.11 Å². The van der Waals surface area contributed by atoms with Gasteiger partial charge in [0.25, 0.3) is 0 Å². The van der Waals surface area contributed by atoms with E-state index < -0.39 is 11.9 Å². The lowest BCUT2D eigenvalue weighted by Crippen LogP contribution is -2.11. The lowest BCUT2D eigenvalue weighted by molar-refractivity contribution is -0.141. The molecule has 0 saturated carbocycles. The Bertz CT molecular complexity index is 379. The summed E-state index contributed by atoms with van der Waals surface area (Å²) in [5, 5.41) is 0. The molecule has 1 rings (SSSR count). The highest BCUT2D eigenvalue weighted by Gasteiger charge is 2.35. The molecule has 0 atom stereocenters. The van der Waals surface area contributed by atoms with Crippen molar-refractivity contribution >= 4 is 0 Å². The van der Waals surface area contributed by atoms with Gasteiger partial charge < -0.3 is 4.74 Å². The lowest BCUT2D eigenvalue weighted by Gasteiger charge is -2.09. The van der Waals surface area contributed by atoms with E-state index in [-0.39, 0.29) is 11.4 Å². The van der Waals surface area contributed by atoms with E-state index >= 15 is 0 Å². The molecule has 5 heteroatoms. The number of methoxy groups -OCH3 is 1. The van der Waals surface area contributed by atoms with E-state index in [0.29, 0.717) is 0 Å². The second-order valence-electron chi connectivity index (χ2n) is 2.39. The highest BCUT2D eigenvalue weighted by molar-refractivity contribution is 5.39. The van der Waals surface area contributed by atoms with Crippen molar-refractivity contribution in [3.8, 4) is 18.2 Å². The monoisotopic (exact) mass is 201 g/mol. The number of pyridine rings is 1. The Labute approximate surface area is 78.7 Å². The van der Waals surface area contributed by atoms with Crippen molar-refractivity contribution in [2.45, 2.75) is 6.18 Å². The molecule has 0 radical (unpaired) electrons. The molecule has 0 aromatic carbocycles. The van der Waals surface area contributed by atoms with E-state index in [9.17, 15) is 13.2 Å². The van der Waals surface area contributed by atoms with Gasteiger partial charge in [-0.25, -0.2) is 4.98 Å². The number of hydrogen-bond donors (Lipinski definition) is 0. The standard InChI is InChI=1S/C9H6F3NO/c1-3-6-4-5-7(14-2)13-8(6)9(10,11)12/h1,4-5H,2H3. The van der Waals surface area contributed by atoms with Crippen molar-refractivity contribution < 1.29 is 17.9 Å². The fourth-order valence-electron chi connectivity index (χ4n) is 0.887. The molecule has 0 N–H and O–H groups in total. The molecule has 0 aliphatic rings. The molecule has 14 heavy (non-hydrogen) atoms. The van der Waals surface area contributed by atoms with E-state index in [1.807, 2.05) is 5.92 Å². The SMILES string of the molecule is C#Cc1ccc(OC)nc1C(F)(F)F. The Morgan fingerprint density at radius 2 is 2.07 bits per heavy atom. The van der Waals surface area contributed by atoms with Crippen molar-refractivity contribution in [1.29, 1.82) is 0 Å². The first-order valence-corrected chi connectivity index (χ1v) is 3.58. The van der Waals surface area contributed by atoms with Crippen LogP contribution in [-0.4, -0.2) is 12.1 Å². The second kappa shape index (κ2) is 3.58. The van der Waals surface area contributed by atoms with E-state index in [4.69, 9.17) is 6.42 Å². The summed E-state index contributed by atoms with van der Waals surface area (Å²) in [6, 6.07) is 2.43. The van der Waals surface area contributed by atoms with Crippen LogP contribution in [0.3, 0.4) is 0 Å². The van der Waals surface area contributed by atoms with Crippen LogP contribution in [0.15, 0.2) is 12.1 Å². The van der Waals surface area contributed by atoms with Crippen molar-refractivity contribution in [1.82, 2.24) is 4.98 Å². The van der Waals surface area contributed by atoms with Crippen LogP contribution in [-0.2, 0) is 6.18 Å². The third kappa shape index (κ3) is 1.96. The number of aromatic nitrogens is 1. The maximum atomic E-state index is 12.3. The number of hydrogen-bond acceptors (Lipinski definition) is 2. The Balaban J connectivity index is 3.31. The Morgan fingerprint density at radius 1 is 1.43 bits per heavy atom. The van der Waals surface area contributed by atoms with Gasteiger partial charge in [0.1, 0.15) is 0 Å². The molecule has 1 heterocycles. The maximum absolute atomic E-state index is 12.3. The molecule has 0 aliphatic heterocycles. The number of nitrogens with zero attached hydrogens (tertiary/aromatic N) is 1. The highest BCUT2D eigenvalue weighted by Crippen LogP contribution is 2.31. The number of rotatable bonds is 1. The summed E-state index contributed by atoms with van der Waals surface area (Å²) < 4.78 is 41.6. The van der Waals surface area contributed by atoms with Crippen LogP contribution in [0.1, 0.15) is 11.3 Å². The average Bonchev–Trinajstić information content (AvgIpc) is 2.15. The minimum Gasteiger partial charge on any atom is -0.481 e. The predicted octanol–water partition coefficient (Wildman–Crippen LogP) is 2.09. The van der Waals surface area contributed by atoms with E-state index in [0.717, 1.165) is 6.07 Å². The average molecular weight is 201 g/mol. The molecule has 0 aliphatic carbocycles. The van der Waals surface area contributed by atoms with Crippen molar-refractivity contribution in [2.24, 2.45) is 0 Å². The van der Waals surface area contributed by atoms with Crippen molar-refractivity contribution in [3.63, 3.8) is 0 Å². The van der Waals surface area contributed by atoms with Crippen LogP contribution in [0.5, 0.6) is 5.88 Å². The van der Waals surface area contributed by atoms with Crippen molar-refractivity contribution in [3.05, 3.63) is 23.4 Å². The second-order valence-corrected chi connectivity index (χ2v) is 2.39. The molecule has 2 nitrogen and oxygen atoms in total. The number of terminal acetylenes is 1. The number of ether oxygens (including phenoxy) is 1. The molecule has 0 unspecified atom stereocenters. The maximum Gasteiger partial charge on any atom is 0.434 e. The fourth-order valence-corrected chi connectivity index (χ4v) is 0.887. The Hall–Kier alpha value is -1.70. The van der Waals surface area contributed by atoms with Gasteiger partial charge in [-0.1, -0.05) is 5.92 Å². The third-order valence-electron chi connectivity index (χ3n) is 1.50. The highest BCUT2D eigenvalue weighted by atomic mass is 19.4. The molecule has 74 valence electrons. The summed E-state index contributed by atoms with van der Waals surface area (Å²) in [4.78, 5) is 3.24. The van der Waals surface area contributed by atoms with Crippen LogP contribution in [0.4, 0.5) is 13.2 Å². The van der Waals surface area contributed by atoms with Gasteiger partial charge in [-0.2, -0.15) is 13.2 Å². The summed E-state index contributed by atoms with van der Waals surface area (Å²) in [7, 11) is 1.23. The molecule has 1 aromatic rings. The van der Waals surface area contributed by atoms with Gasteiger partial charge in [0.05, 0.1) is 12.7 Å². The topological polar surface area (TPSA) is 22.1 Å². The van der Waals surface area contributed by atoms with Gasteiger partial charge in [-0.3, -0.25) is 0 Å². The van der Waals surface area contributed by atoms with Gasteiger partial charge in [0.15, 0.2) is 5.69 Å². The summed E-state index contributed by atoms with van der Waals surface area (Å²) in [5.41, 5.74) is -1.39. The first kappa shape index (κ1) is 10.4. The molecule has 0 fully saturated rings. The Kier molecular flexibility index (Phi) is 2.65. The lowest BCUT2D eigenvalue weighted by atomic mass is 10.2. The van der Waals surface area contributed by atoms with Crippen LogP contribution in [0.25, 0.3) is 0 Å². The zero-order valence-electron chi connectivity index (χ0n) is 7.22. The molecule has 0 amide bonds. The molecule has 0 bridgehead atoms. The summed E-state index contributed by atoms with van der Waals surface area (Å²) in [6.07, 6.45) is 0.349. The molecule has 0 saturated heterocycles. The molecule has 0 spiro atoms. The summed E-state index contributed by atoms with van der Waals surface area (Å²) in [6.45, 7) is 0. The zero-order valence-corrected chi connectivity index (χ0v) is 7.22. The Morgan fingerprint density at radius 3 is 2.50 bits per heavy atom. The first-order valence-electron chi connectivity index (χ1n) is 3.58. The van der Waals surface area contributed by atoms with Crippen LogP contribution < -0.4 is 4.74 Å². The quantitative estimate of drug-likeness (QED) is 0.649. The van der Waals surface area contributed by atoms with Gasteiger partial charge >= 0.3 is 6.18 Å². The number of alkyl halides is 3. The predicted molar refractivity (Wildman–Crippen MR) is 43.7 cm³/mol. The van der Waals surface area contributed by atoms with E-state index in [2.05, 4.69) is 9.72 Å². The fraction of sp³-hybridized carbons (Fsp3) is 0.222. The summed E-state index contributed by atoms with van der Waals surface area (Å²) >= 11 is 0. The summed E-state index contributed by atoms with van der Waals surface area (Å²) in [5.74, 6) is 1.80. The number of halogens is 3. The minimum absolute atomic E-state index is 0.115. The smallest absolute Gasteiger partial charge is 0.434 e. The minimum atomic E-state index is -4.56. The normalized spacial score (nSPS) is 10.8. The van der Waals surface area contributed by atoms with Gasteiger partial charge in [0, 0.05) is 6.07 Å². The van der Waals surface area contributed by atoms with Gasteiger partial charge in [-0.15, -0.1) is 6.42 Å². The van der Waals surface area contributed by atoms with E-state index in [1.54, 1.807) is 0 Å². The van der Waals surface area contributed by atoms with Crippen LogP contribution in [0.2, 0.25) is 0 Å². The first-order chi connectivity index (χ1) is 6.49. The molecular formula is C9H6F3NO. The van der Waals surface area contributed by atoms with Crippen LogP contribution in [0, 0.1) is 12.3 Å². The van der Waals surface area contributed by atoms with E-state index in [1.165, 1.54) is 13.2 Å². The van der Waals surface area contributed by atoms with Gasteiger partial charge in [0.2, 0.25) is 5.88 Å². The molecular weight excluding hydrogens is 195 g/mol. The molecule has 1 aromatic heterocycles. The van der Waals surface area contributed by atoms with Gasteiger partial charge in [-0.05, 0) is 6.07 Å². The third-order valence-corrected chi connectivity index (χ3v) is 1.50. The largest absolute Gasteiger partial charge is 0.481 e. The zero-order chi connectivity index (χ0) is 10.8.